The van der Waals surface area contributed by atoms with Gasteiger partial charge >= 0.3 is 0 Å². The highest BCUT2D eigenvalue weighted by Gasteiger charge is 2.11. The molecule has 3 aromatic rings. The number of ether oxygens (including phenoxy) is 2. The molecule has 23 heavy (non-hydrogen) atoms. The number of aliphatic hydroxyl groups is 1. The van der Waals surface area contributed by atoms with E-state index in [2.05, 4.69) is 20.4 Å². The third-order valence-electron chi connectivity index (χ3n) is 3.39. The summed E-state index contributed by atoms with van der Waals surface area (Å²) in [6, 6.07) is 5.51. The van der Waals surface area contributed by atoms with Gasteiger partial charge in [0.25, 0.3) is 0 Å². The maximum absolute atomic E-state index is 9.06. The molecule has 8 heteroatoms. The zero-order chi connectivity index (χ0) is 16.2. The molecule has 2 N–H and O–H groups in total. The number of rotatable bonds is 6. The quantitative estimate of drug-likeness (QED) is 0.713. The van der Waals surface area contributed by atoms with Crippen molar-refractivity contribution in [3.63, 3.8) is 0 Å². The fourth-order valence-corrected chi connectivity index (χ4v) is 2.30. The average Bonchev–Trinajstić information content (AvgIpc) is 2.99. The van der Waals surface area contributed by atoms with E-state index in [9.17, 15) is 0 Å². The number of hydrogen-bond donors (Lipinski definition) is 2. The first-order valence-electron chi connectivity index (χ1n) is 7.03. The fraction of sp³-hybridized carbons (Fsp3) is 0.267. The zero-order valence-electron chi connectivity index (χ0n) is 12.9. The Morgan fingerprint density at radius 3 is 2.74 bits per heavy atom. The van der Waals surface area contributed by atoms with Crippen molar-refractivity contribution >= 4 is 22.5 Å². The lowest BCUT2D eigenvalue weighted by molar-refractivity contribution is 0.271. The van der Waals surface area contributed by atoms with Gasteiger partial charge in [-0.1, -0.05) is 0 Å². The summed E-state index contributed by atoms with van der Waals surface area (Å²) in [5, 5.41) is 17.3. The number of nitrogens with zero attached hydrogens (tertiary/aromatic N) is 4. The number of methoxy groups -OCH3 is 2. The van der Waals surface area contributed by atoms with Crippen molar-refractivity contribution in [2.24, 2.45) is 0 Å². The summed E-state index contributed by atoms with van der Waals surface area (Å²) in [6.45, 7) is 0.384. The molecular formula is C15H17N5O3. The van der Waals surface area contributed by atoms with Gasteiger partial charge in [-0.15, -0.1) is 0 Å². The number of aliphatic hydroxyl groups excluding tert-OH is 1. The second-order valence-electron chi connectivity index (χ2n) is 4.75. The summed E-state index contributed by atoms with van der Waals surface area (Å²) in [6.07, 6.45) is 3.13. The number of hydrogen-bond acceptors (Lipinski definition) is 7. The van der Waals surface area contributed by atoms with Crippen LogP contribution in [0.15, 0.2) is 30.7 Å². The number of nitrogens with one attached hydrogen (secondary N) is 1. The zero-order valence-corrected chi connectivity index (χ0v) is 12.9. The minimum Gasteiger partial charge on any atom is -0.493 e. The molecule has 0 fully saturated rings. The lowest BCUT2D eigenvalue weighted by atomic mass is 10.2. The Labute approximate surface area is 132 Å². The number of benzene rings is 1. The van der Waals surface area contributed by atoms with E-state index in [1.165, 1.54) is 6.33 Å². The van der Waals surface area contributed by atoms with E-state index < -0.39 is 0 Å². The third-order valence-corrected chi connectivity index (χ3v) is 3.39. The summed E-state index contributed by atoms with van der Waals surface area (Å²) in [4.78, 5) is 8.48. The molecule has 120 valence electrons. The minimum absolute atomic E-state index is 0.000770. The van der Waals surface area contributed by atoms with Gasteiger partial charge in [0, 0.05) is 11.8 Å². The summed E-state index contributed by atoms with van der Waals surface area (Å²) < 4.78 is 12.2. The van der Waals surface area contributed by atoms with E-state index in [4.69, 9.17) is 14.6 Å². The van der Waals surface area contributed by atoms with E-state index in [1.54, 1.807) is 25.1 Å². The molecule has 2 heterocycles. The Hall–Kier alpha value is -2.87. The Balaban J connectivity index is 1.95. The molecule has 0 aliphatic carbocycles. The summed E-state index contributed by atoms with van der Waals surface area (Å²) in [7, 11) is 3.18. The molecule has 0 atom stereocenters. The van der Waals surface area contributed by atoms with Crippen molar-refractivity contribution in [2.75, 3.05) is 26.1 Å². The summed E-state index contributed by atoms with van der Waals surface area (Å²) in [5.41, 5.74) is 1.47. The summed E-state index contributed by atoms with van der Waals surface area (Å²) >= 11 is 0. The van der Waals surface area contributed by atoms with Crippen LogP contribution < -0.4 is 14.8 Å². The van der Waals surface area contributed by atoms with Crippen LogP contribution in [0.3, 0.4) is 0 Å². The molecule has 0 spiro atoms. The molecule has 3 rings (SSSR count). The van der Waals surface area contributed by atoms with Crippen molar-refractivity contribution in [3.05, 3.63) is 30.7 Å². The van der Waals surface area contributed by atoms with Crippen LogP contribution in [0.1, 0.15) is 0 Å². The molecule has 0 bridgehead atoms. The standard InChI is InChI=1S/C15H17N5O3/c1-22-12-4-3-10(7-13(12)23-2)19-14-11-8-18-20(5-6-21)15(11)17-9-16-14/h3-4,7-9,21H,5-6H2,1-2H3,(H,16,17,19). The van der Waals surface area contributed by atoms with Crippen LogP contribution in [-0.2, 0) is 6.54 Å². The van der Waals surface area contributed by atoms with E-state index in [0.717, 1.165) is 11.1 Å². The van der Waals surface area contributed by atoms with E-state index in [0.29, 0.717) is 29.5 Å². The first-order valence-corrected chi connectivity index (χ1v) is 7.03. The second kappa shape index (κ2) is 6.49. The maximum atomic E-state index is 9.06. The van der Waals surface area contributed by atoms with Gasteiger partial charge in [-0.05, 0) is 12.1 Å². The molecular weight excluding hydrogens is 298 g/mol. The molecule has 0 unspecified atom stereocenters. The van der Waals surface area contributed by atoms with Gasteiger partial charge in [-0.3, -0.25) is 0 Å². The molecule has 0 aliphatic heterocycles. The van der Waals surface area contributed by atoms with Gasteiger partial charge in [0.2, 0.25) is 0 Å². The first kappa shape index (κ1) is 15.0. The monoisotopic (exact) mass is 315 g/mol. The number of aromatic nitrogens is 4. The predicted octanol–water partition coefficient (Wildman–Crippen LogP) is 1.58. The predicted molar refractivity (Wildman–Crippen MR) is 85.2 cm³/mol. The normalized spacial score (nSPS) is 10.7. The van der Waals surface area contributed by atoms with Gasteiger partial charge in [-0.25, -0.2) is 14.6 Å². The van der Waals surface area contributed by atoms with Crippen molar-refractivity contribution in [3.8, 4) is 11.5 Å². The van der Waals surface area contributed by atoms with Crippen molar-refractivity contribution in [2.45, 2.75) is 6.54 Å². The highest BCUT2D eigenvalue weighted by atomic mass is 16.5. The van der Waals surface area contributed by atoms with Gasteiger partial charge in [0.1, 0.15) is 12.1 Å². The van der Waals surface area contributed by atoms with Crippen LogP contribution in [0, 0.1) is 0 Å². The lowest BCUT2D eigenvalue weighted by Crippen LogP contribution is -2.05. The van der Waals surface area contributed by atoms with Crippen LogP contribution >= 0.6 is 0 Å². The Morgan fingerprint density at radius 1 is 1.17 bits per heavy atom. The lowest BCUT2D eigenvalue weighted by Gasteiger charge is -2.11. The van der Waals surface area contributed by atoms with Crippen molar-refractivity contribution in [1.82, 2.24) is 19.7 Å². The molecule has 0 radical (unpaired) electrons. The largest absolute Gasteiger partial charge is 0.493 e. The van der Waals surface area contributed by atoms with Crippen LogP contribution in [0.2, 0.25) is 0 Å². The van der Waals surface area contributed by atoms with E-state index >= 15 is 0 Å². The maximum Gasteiger partial charge on any atom is 0.163 e. The fourth-order valence-electron chi connectivity index (χ4n) is 2.30. The highest BCUT2D eigenvalue weighted by molar-refractivity contribution is 5.88. The van der Waals surface area contributed by atoms with E-state index in [1.807, 2.05) is 18.2 Å². The Kier molecular flexibility index (Phi) is 4.24. The van der Waals surface area contributed by atoms with Gasteiger partial charge in [-0.2, -0.15) is 5.10 Å². The van der Waals surface area contributed by atoms with Gasteiger partial charge in [0.15, 0.2) is 17.1 Å². The number of fused-ring (bicyclic) bond motifs is 1. The SMILES string of the molecule is COc1ccc(Nc2ncnc3c2cnn3CCO)cc1OC. The van der Waals surface area contributed by atoms with Crippen LogP contribution in [-0.4, -0.2) is 45.7 Å². The van der Waals surface area contributed by atoms with Crippen LogP contribution in [0.25, 0.3) is 11.0 Å². The summed E-state index contributed by atoms with van der Waals surface area (Å²) in [5.74, 6) is 1.91. The van der Waals surface area contributed by atoms with Crippen molar-refractivity contribution < 1.29 is 14.6 Å². The van der Waals surface area contributed by atoms with Gasteiger partial charge < -0.3 is 19.9 Å². The van der Waals surface area contributed by atoms with Crippen LogP contribution in [0.4, 0.5) is 11.5 Å². The first-order chi connectivity index (χ1) is 11.3. The average molecular weight is 315 g/mol. The molecule has 8 nitrogen and oxygen atoms in total. The minimum atomic E-state index is -0.000770. The highest BCUT2D eigenvalue weighted by Crippen LogP contribution is 2.31. The molecule has 0 saturated carbocycles. The molecule has 0 aliphatic rings. The molecule has 0 amide bonds. The Bertz CT molecular complexity index is 818. The van der Waals surface area contributed by atoms with Crippen LogP contribution in [0.5, 0.6) is 11.5 Å². The molecule has 1 aromatic carbocycles. The molecule has 0 saturated heterocycles. The third kappa shape index (κ3) is 2.88. The Morgan fingerprint density at radius 2 is 2.00 bits per heavy atom. The smallest absolute Gasteiger partial charge is 0.163 e. The van der Waals surface area contributed by atoms with E-state index in [-0.39, 0.29) is 6.61 Å². The molecule has 2 aromatic heterocycles. The topological polar surface area (TPSA) is 94.3 Å². The second-order valence-corrected chi connectivity index (χ2v) is 4.75. The van der Waals surface area contributed by atoms with Gasteiger partial charge in [0.05, 0.1) is 39.0 Å². The number of anilines is 2. The van der Waals surface area contributed by atoms with Crippen molar-refractivity contribution in [1.29, 1.82) is 0 Å².